The first-order valence-electron chi connectivity index (χ1n) is 3.73. The Morgan fingerprint density at radius 3 is 3.00 bits per heavy atom. The van der Waals surface area contributed by atoms with Crippen LogP contribution in [0.3, 0.4) is 0 Å². The van der Waals surface area contributed by atoms with Gasteiger partial charge >= 0.3 is 0 Å². The van der Waals surface area contributed by atoms with Gasteiger partial charge in [0, 0.05) is 19.5 Å². The van der Waals surface area contributed by atoms with Crippen molar-refractivity contribution in [3.8, 4) is 12.3 Å². The molecular weight excluding hydrogens is 140 g/mol. The molecule has 1 amide bonds. The Morgan fingerprint density at radius 1 is 1.82 bits per heavy atom. The molecule has 1 rings (SSSR count). The fourth-order valence-corrected chi connectivity index (χ4v) is 1.10. The summed E-state index contributed by atoms with van der Waals surface area (Å²) in [5.74, 6) is 2.59. The molecule has 11 heavy (non-hydrogen) atoms. The van der Waals surface area contributed by atoms with Gasteiger partial charge in [-0.05, 0) is 6.42 Å². The van der Waals surface area contributed by atoms with Gasteiger partial charge in [-0.25, -0.2) is 0 Å². The number of rotatable bonds is 3. The topological polar surface area (TPSA) is 46.3 Å². The molecule has 1 atom stereocenters. The number of amides is 1. The molecule has 0 spiro atoms. The summed E-state index contributed by atoms with van der Waals surface area (Å²) in [5, 5.41) is 0. The second-order valence-electron chi connectivity index (χ2n) is 2.70. The zero-order valence-corrected chi connectivity index (χ0v) is 6.42. The molecule has 3 heteroatoms. The van der Waals surface area contributed by atoms with Crippen LogP contribution in [-0.2, 0) is 4.79 Å². The van der Waals surface area contributed by atoms with Crippen LogP contribution in [0.15, 0.2) is 0 Å². The molecule has 2 N–H and O–H groups in total. The molecule has 1 saturated heterocycles. The van der Waals surface area contributed by atoms with E-state index in [9.17, 15) is 4.79 Å². The summed E-state index contributed by atoms with van der Waals surface area (Å²) in [6, 6.07) is -0.249. The van der Waals surface area contributed by atoms with Crippen molar-refractivity contribution in [3.05, 3.63) is 0 Å². The summed E-state index contributed by atoms with van der Waals surface area (Å²) in [5.41, 5.74) is 5.39. The molecule has 1 unspecified atom stereocenters. The average molecular weight is 152 g/mol. The van der Waals surface area contributed by atoms with Crippen LogP contribution in [0.1, 0.15) is 12.8 Å². The maximum absolute atomic E-state index is 10.9. The highest BCUT2D eigenvalue weighted by Crippen LogP contribution is 2.08. The van der Waals surface area contributed by atoms with Gasteiger partial charge in [-0.3, -0.25) is 4.79 Å². The molecule has 0 bridgehead atoms. The van der Waals surface area contributed by atoms with Crippen molar-refractivity contribution in [1.82, 2.24) is 4.90 Å². The van der Waals surface area contributed by atoms with E-state index in [4.69, 9.17) is 12.2 Å². The van der Waals surface area contributed by atoms with Crippen molar-refractivity contribution in [2.24, 2.45) is 5.73 Å². The van der Waals surface area contributed by atoms with Crippen molar-refractivity contribution in [3.63, 3.8) is 0 Å². The van der Waals surface area contributed by atoms with Crippen LogP contribution in [0.2, 0.25) is 0 Å². The summed E-state index contributed by atoms with van der Waals surface area (Å²) in [6.45, 7) is 1.46. The number of nitrogens with zero attached hydrogens (tertiary/aromatic N) is 1. The van der Waals surface area contributed by atoms with E-state index >= 15 is 0 Å². The Balaban J connectivity index is 2.11. The number of hydrogen-bond donors (Lipinski definition) is 1. The number of likely N-dealkylation sites (tertiary alicyclic amines) is 1. The largest absolute Gasteiger partial charge is 0.339 e. The number of β-lactam (4-membered cyclic amide) rings is 1. The Hall–Kier alpha value is -1.01. The van der Waals surface area contributed by atoms with Crippen molar-refractivity contribution in [2.75, 3.05) is 13.1 Å². The van der Waals surface area contributed by atoms with Gasteiger partial charge < -0.3 is 10.6 Å². The molecule has 1 fully saturated rings. The molecule has 0 aromatic rings. The molecule has 0 aliphatic carbocycles. The van der Waals surface area contributed by atoms with Crippen LogP contribution in [0.4, 0.5) is 0 Å². The highest BCUT2D eigenvalue weighted by molar-refractivity contribution is 5.87. The first kappa shape index (κ1) is 8.09. The number of carbonyl (C=O) groups is 1. The Bertz CT molecular complexity index is 195. The first-order chi connectivity index (χ1) is 5.25. The van der Waals surface area contributed by atoms with Crippen LogP contribution in [-0.4, -0.2) is 29.9 Å². The summed E-state index contributed by atoms with van der Waals surface area (Å²) >= 11 is 0. The lowest BCUT2D eigenvalue weighted by molar-refractivity contribution is -0.142. The van der Waals surface area contributed by atoms with Crippen molar-refractivity contribution in [2.45, 2.75) is 18.9 Å². The molecule has 0 saturated carbocycles. The van der Waals surface area contributed by atoms with Crippen molar-refractivity contribution in [1.29, 1.82) is 0 Å². The predicted molar refractivity (Wildman–Crippen MR) is 42.6 cm³/mol. The van der Waals surface area contributed by atoms with Gasteiger partial charge in [0.25, 0.3) is 0 Å². The Morgan fingerprint density at radius 2 is 2.55 bits per heavy atom. The second kappa shape index (κ2) is 3.40. The van der Waals surface area contributed by atoms with Crippen LogP contribution in [0, 0.1) is 12.3 Å². The summed E-state index contributed by atoms with van der Waals surface area (Å²) in [7, 11) is 0. The molecule has 1 aliphatic rings. The normalized spacial score (nSPS) is 22.7. The molecule has 3 nitrogen and oxygen atoms in total. The standard InChI is InChI=1S/C8H12N2O/c1-2-3-4-5-10-6-7(9)8(10)11/h1,7H,3-6,9H2. The third kappa shape index (κ3) is 1.72. The van der Waals surface area contributed by atoms with Gasteiger partial charge in [0.15, 0.2) is 0 Å². The molecule has 60 valence electrons. The summed E-state index contributed by atoms with van der Waals surface area (Å²) < 4.78 is 0. The Kier molecular flexibility index (Phi) is 2.50. The van der Waals surface area contributed by atoms with Crippen molar-refractivity contribution < 1.29 is 4.79 Å². The third-order valence-corrected chi connectivity index (χ3v) is 1.80. The quantitative estimate of drug-likeness (QED) is 0.339. The number of carbonyl (C=O) groups excluding carboxylic acids is 1. The number of unbranched alkanes of at least 4 members (excludes halogenated alkanes) is 1. The van der Waals surface area contributed by atoms with Gasteiger partial charge in [0.05, 0.1) is 0 Å². The van der Waals surface area contributed by atoms with Crippen LogP contribution >= 0.6 is 0 Å². The smallest absolute Gasteiger partial charge is 0.241 e. The second-order valence-corrected chi connectivity index (χ2v) is 2.70. The minimum Gasteiger partial charge on any atom is -0.339 e. The van der Waals surface area contributed by atoms with E-state index in [1.807, 2.05) is 0 Å². The minimum atomic E-state index is -0.249. The summed E-state index contributed by atoms with van der Waals surface area (Å²) in [4.78, 5) is 12.6. The van der Waals surface area contributed by atoms with Crippen LogP contribution < -0.4 is 5.73 Å². The minimum absolute atomic E-state index is 0.0574. The fraction of sp³-hybridized carbons (Fsp3) is 0.625. The van der Waals surface area contributed by atoms with Crippen molar-refractivity contribution >= 4 is 5.91 Å². The molecule has 1 heterocycles. The molecule has 0 aromatic carbocycles. The van der Waals surface area contributed by atoms with Gasteiger partial charge in [0.2, 0.25) is 5.91 Å². The van der Waals surface area contributed by atoms with E-state index in [0.717, 1.165) is 19.4 Å². The van der Waals surface area contributed by atoms with Gasteiger partial charge in [0.1, 0.15) is 6.04 Å². The van der Waals surface area contributed by atoms with E-state index in [-0.39, 0.29) is 11.9 Å². The lowest BCUT2D eigenvalue weighted by Crippen LogP contribution is -2.60. The zero-order chi connectivity index (χ0) is 8.27. The van der Waals surface area contributed by atoms with E-state index in [1.54, 1.807) is 4.90 Å². The fourth-order valence-electron chi connectivity index (χ4n) is 1.10. The van der Waals surface area contributed by atoms with Crippen LogP contribution in [0.25, 0.3) is 0 Å². The van der Waals surface area contributed by atoms with Crippen LogP contribution in [0.5, 0.6) is 0 Å². The van der Waals surface area contributed by atoms with E-state index < -0.39 is 0 Å². The molecular formula is C8H12N2O. The third-order valence-electron chi connectivity index (χ3n) is 1.80. The number of hydrogen-bond acceptors (Lipinski definition) is 2. The SMILES string of the molecule is C#CCCCN1CC(N)C1=O. The van der Waals surface area contributed by atoms with Gasteiger partial charge in [-0.2, -0.15) is 0 Å². The highest BCUT2D eigenvalue weighted by atomic mass is 16.2. The molecule has 1 aliphatic heterocycles. The lowest BCUT2D eigenvalue weighted by atomic mass is 10.1. The predicted octanol–water partition coefficient (Wildman–Crippen LogP) is -0.431. The van der Waals surface area contributed by atoms with E-state index in [1.165, 1.54) is 0 Å². The maximum Gasteiger partial charge on any atom is 0.241 e. The zero-order valence-electron chi connectivity index (χ0n) is 6.42. The highest BCUT2D eigenvalue weighted by Gasteiger charge is 2.32. The number of nitrogens with two attached hydrogens (primary N) is 1. The Labute approximate surface area is 66.5 Å². The maximum atomic E-state index is 10.9. The average Bonchev–Trinajstić information content (AvgIpc) is 2.03. The summed E-state index contributed by atoms with van der Waals surface area (Å²) in [6.07, 6.45) is 6.68. The molecule has 0 aromatic heterocycles. The van der Waals surface area contributed by atoms with E-state index in [0.29, 0.717) is 6.54 Å². The first-order valence-corrected chi connectivity index (χ1v) is 3.73. The molecule has 0 radical (unpaired) electrons. The van der Waals surface area contributed by atoms with Gasteiger partial charge in [-0.15, -0.1) is 12.3 Å². The number of terminal acetylenes is 1. The lowest BCUT2D eigenvalue weighted by Gasteiger charge is -2.35. The van der Waals surface area contributed by atoms with Gasteiger partial charge in [-0.1, -0.05) is 0 Å². The van der Waals surface area contributed by atoms with E-state index in [2.05, 4.69) is 5.92 Å². The monoisotopic (exact) mass is 152 g/mol.